The summed E-state index contributed by atoms with van der Waals surface area (Å²) in [5, 5.41) is 5.61. The van der Waals surface area contributed by atoms with Crippen LogP contribution in [-0.4, -0.2) is 17.9 Å². The number of amides is 2. The first kappa shape index (κ1) is 18.5. The average Bonchev–Trinajstić information content (AvgIpc) is 2.61. The minimum atomic E-state index is -0.568. The highest BCUT2D eigenvalue weighted by atomic mass is 16.5. The fourth-order valence-corrected chi connectivity index (χ4v) is 2.28. The SMILES string of the molecule is CCC(=O)Nc1ccc(NC(=O)[C@@H](CC)Oc2cccc(C)c2)cc1. The summed E-state index contributed by atoms with van der Waals surface area (Å²) in [4.78, 5) is 23.8. The van der Waals surface area contributed by atoms with E-state index in [0.29, 0.717) is 30.0 Å². The molecule has 0 aromatic heterocycles. The summed E-state index contributed by atoms with van der Waals surface area (Å²) >= 11 is 0. The first-order valence-electron chi connectivity index (χ1n) is 8.46. The molecule has 0 fully saturated rings. The van der Waals surface area contributed by atoms with Crippen LogP contribution in [0.25, 0.3) is 0 Å². The number of ether oxygens (including phenoxy) is 1. The molecule has 0 aliphatic carbocycles. The van der Waals surface area contributed by atoms with Gasteiger partial charge >= 0.3 is 0 Å². The molecule has 0 saturated carbocycles. The van der Waals surface area contributed by atoms with Gasteiger partial charge in [-0.05, 0) is 55.3 Å². The van der Waals surface area contributed by atoms with Crippen LogP contribution < -0.4 is 15.4 Å². The van der Waals surface area contributed by atoms with Gasteiger partial charge in [-0.3, -0.25) is 9.59 Å². The van der Waals surface area contributed by atoms with Crippen molar-refractivity contribution in [2.75, 3.05) is 10.6 Å². The van der Waals surface area contributed by atoms with Gasteiger partial charge in [-0.1, -0.05) is 26.0 Å². The molecule has 0 spiro atoms. The third kappa shape index (κ3) is 5.64. The predicted molar refractivity (Wildman–Crippen MR) is 99.9 cm³/mol. The molecule has 2 aromatic carbocycles. The van der Waals surface area contributed by atoms with Crippen molar-refractivity contribution >= 4 is 23.2 Å². The van der Waals surface area contributed by atoms with Crippen molar-refractivity contribution < 1.29 is 14.3 Å². The smallest absolute Gasteiger partial charge is 0.265 e. The fraction of sp³-hybridized carbons (Fsp3) is 0.300. The van der Waals surface area contributed by atoms with Gasteiger partial charge in [-0.15, -0.1) is 0 Å². The van der Waals surface area contributed by atoms with Gasteiger partial charge in [0, 0.05) is 17.8 Å². The third-order valence-electron chi connectivity index (χ3n) is 3.69. The number of nitrogens with one attached hydrogen (secondary N) is 2. The van der Waals surface area contributed by atoms with Gasteiger partial charge < -0.3 is 15.4 Å². The van der Waals surface area contributed by atoms with Crippen molar-refractivity contribution in [2.45, 2.75) is 39.7 Å². The highest BCUT2D eigenvalue weighted by molar-refractivity contribution is 5.95. The van der Waals surface area contributed by atoms with Gasteiger partial charge in [0.15, 0.2) is 6.10 Å². The standard InChI is InChI=1S/C20H24N2O3/c1-4-18(25-17-8-6-7-14(3)13-17)20(24)22-16-11-9-15(10-12-16)21-19(23)5-2/h6-13,18H,4-5H2,1-3H3,(H,21,23)(H,22,24)/t18-/m1/s1. The van der Waals surface area contributed by atoms with Gasteiger partial charge in [-0.25, -0.2) is 0 Å². The Kier molecular flexibility index (Phi) is 6.57. The molecule has 0 aliphatic rings. The molecule has 5 nitrogen and oxygen atoms in total. The monoisotopic (exact) mass is 340 g/mol. The summed E-state index contributed by atoms with van der Waals surface area (Å²) in [5.41, 5.74) is 2.44. The lowest BCUT2D eigenvalue weighted by molar-refractivity contribution is -0.122. The van der Waals surface area contributed by atoms with Crippen LogP contribution in [0.1, 0.15) is 32.3 Å². The Hall–Kier alpha value is -2.82. The van der Waals surface area contributed by atoms with E-state index in [1.165, 1.54) is 0 Å². The quantitative estimate of drug-likeness (QED) is 0.796. The lowest BCUT2D eigenvalue weighted by atomic mass is 10.2. The lowest BCUT2D eigenvalue weighted by Crippen LogP contribution is -2.32. The molecule has 1 atom stereocenters. The molecular weight excluding hydrogens is 316 g/mol. The van der Waals surface area contributed by atoms with Crippen LogP contribution in [0, 0.1) is 6.92 Å². The van der Waals surface area contributed by atoms with Crippen LogP contribution in [0.2, 0.25) is 0 Å². The van der Waals surface area contributed by atoms with Gasteiger partial charge in [0.1, 0.15) is 5.75 Å². The van der Waals surface area contributed by atoms with E-state index >= 15 is 0 Å². The molecule has 0 aliphatic heterocycles. The summed E-state index contributed by atoms with van der Waals surface area (Å²) < 4.78 is 5.80. The Bertz CT molecular complexity index is 726. The molecule has 5 heteroatoms. The maximum Gasteiger partial charge on any atom is 0.265 e. The predicted octanol–water partition coefficient (Wildman–Crippen LogP) is 4.14. The molecule has 2 rings (SSSR count). The Morgan fingerprint density at radius 1 is 1.00 bits per heavy atom. The molecule has 0 bridgehead atoms. The molecule has 2 aromatic rings. The number of carbonyl (C=O) groups excluding carboxylic acids is 2. The van der Waals surface area contributed by atoms with Crippen molar-refractivity contribution in [2.24, 2.45) is 0 Å². The number of hydrogen-bond donors (Lipinski definition) is 2. The van der Waals surface area contributed by atoms with Crippen LogP contribution in [0.4, 0.5) is 11.4 Å². The maximum atomic E-state index is 12.4. The lowest BCUT2D eigenvalue weighted by Gasteiger charge is -2.17. The van der Waals surface area contributed by atoms with Crippen molar-refractivity contribution in [3.8, 4) is 5.75 Å². The van der Waals surface area contributed by atoms with Crippen LogP contribution in [0.15, 0.2) is 48.5 Å². The van der Waals surface area contributed by atoms with Crippen molar-refractivity contribution in [3.05, 3.63) is 54.1 Å². The van der Waals surface area contributed by atoms with E-state index in [0.717, 1.165) is 5.56 Å². The normalized spacial score (nSPS) is 11.5. The number of rotatable bonds is 7. The molecular formula is C20H24N2O3. The molecule has 25 heavy (non-hydrogen) atoms. The summed E-state index contributed by atoms with van der Waals surface area (Å²) in [7, 11) is 0. The minimum absolute atomic E-state index is 0.0469. The topological polar surface area (TPSA) is 67.4 Å². The first-order chi connectivity index (χ1) is 12.0. The number of aryl methyl sites for hydroxylation is 1. The average molecular weight is 340 g/mol. The van der Waals surface area contributed by atoms with Gasteiger partial charge in [-0.2, -0.15) is 0 Å². The molecule has 0 radical (unpaired) electrons. The van der Waals surface area contributed by atoms with Crippen LogP contribution in [-0.2, 0) is 9.59 Å². The Morgan fingerprint density at radius 3 is 2.20 bits per heavy atom. The van der Waals surface area contributed by atoms with Gasteiger partial charge in [0.25, 0.3) is 5.91 Å². The van der Waals surface area contributed by atoms with E-state index in [9.17, 15) is 9.59 Å². The summed E-state index contributed by atoms with van der Waals surface area (Å²) in [6.07, 6.45) is 0.415. The maximum absolute atomic E-state index is 12.4. The molecule has 0 unspecified atom stereocenters. The zero-order valence-electron chi connectivity index (χ0n) is 14.8. The summed E-state index contributed by atoms with van der Waals surface area (Å²) in [5.74, 6) is 0.434. The molecule has 0 saturated heterocycles. The van der Waals surface area contributed by atoms with Crippen molar-refractivity contribution in [1.29, 1.82) is 0 Å². The minimum Gasteiger partial charge on any atom is -0.481 e. The van der Waals surface area contributed by atoms with E-state index in [4.69, 9.17) is 4.74 Å². The number of benzene rings is 2. The highest BCUT2D eigenvalue weighted by Gasteiger charge is 2.18. The molecule has 132 valence electrons. The second kappa shape index (κ2) is 8.87. The zero-order chi connectivity index (χ0) is 18.2. The third-order valence-corrected chi connectivity index (χ3v) is 3.69. The Labute approximate surface area is 148 Å². The summed E-state index contributed by atoms with van der Waals surface area (Å²) in [6.45, 7) is 5.68. The summed E-state index contributed by atoms with van der Waals surface area (Å²) in [6, 6.07) is 14.6. The van der Waals surface area contributed by atoms with Gasteiger partial charge in [0.05, 0.1) is 0 Å². The Morgan fingerprint density at radius 2 is 1.64 bits per heavy atom. The second-order valence-corrected chi connectivity index (χ2v) is 5.80. The molecule has 0 heterocycles. The van der Waals surface area contributed by atoms with Crippen LogP contribution in [0.5, 0.6) is 5.75 Å². The van der Waals surface area contributed by atoms with Crippen molar-refractivity contribution in [1.82, 2.24) is 0 Å². The van der Waals surface area contributed by atoms with Crippen molar-refractivity contribution in [3.63, 3.8) is 0 Å². The van der Waals surface area contributed by atoms with E-state index < -0.39 is 6.10 Å². The zero-order valence-corrected chi connectivity index (χ0v) is 14.8. The van der Waals surface area contributed by atoms with Gasteiger partial charge in [0.2, 0.25) is 5.91 Å². The number of carbonyl (C=O) groups is 2. The largest absolute Gasteiger partial charge is 0.481 e. The van der Waals surface area contributed by atoms with Crippen LogP contribution in [0.3, 0.4) is 0 Å². The second-order valence-electron chi connectivity index (χ2n) is 5.80. The highest BCUT2D eigenvalue weighted by Crippen LogP contribution is 2.18. The number of anilines is 2. The van der Waals surface area contributed by atoms with Crippen LogP contribution >= 0.6 is 0 Å². The van der Waals surface area contributed by atoms with E-state index in [-0.39, 0.29) is 11.8 Å². The van der Waals surface area contributed by atoms with E-state index in [1.54, 1.807) is 31.2 Å². The molecule has 2 amide bonds. The Balaban J connectivity index is 1.98. The molecule has 2 N–H and O–H groups in total. The van der Waals surface area contributed by atoms with E-state index in [1.807, 2.05) is 38.1 Å². The number of hydrogen-bond acceptors (Lipinski definition) is 3. The first-order valence-corrected chi connectivity index (χ1v) is 8.46. The van der Waals surface area contributed by atoms with E-state index in [2.05, 4.69) is 10.6 Å². The fourth-order valence-electron chi connectivity index (χ4n) is 2.28.